The van der Waals surface area contributed by atoms with Crippen LogP contribution in [-0.4, -0.2) is 17.4 Å². The van der Waals surface area contributed by atoms with E-state index in [9.17, 15) is 9.59 Å². The first-order valence-electron chi connectivity index (χ1n) is 6.28. The molecule has 0 aliphatic rings. The van der Waals surface area contributed by atoms with Crippen LogP contribution in [0.15, 0.2) is 18.2 Å². The zero-order valence-electron chi connectivity index (χ0n) is 11.7. The largest absolute Gasteiger partial charge is 0.397 e. The number of fused-ring (bicyclic) bond motifs is 1. The number of primary amides is 1. The van der Waals surface area contributed by atoms with Gasteiger partial charge in [0, 0.05) is 27.1 Å². The molecule has 5 N–H and O–H groups in total. The van der Waals surface area contributed by atoms with Gasteiger partial charge in [-0.1, -0.05) is 11.6 Å². The van der Waals surface area contributed by atoms with E-state index in [1.165, 1.54) is 11.3 Å². The highest BCUT2D eigenvalue weighted by molar-refractivity contribution is 7.21. The van der Waals surface area contributed by atoms with Crippen LogP contribution in [-0.2, 0) is 4.79 Å². The second kappa shape index (κ2) is 5.54. The van der Waals surface area contributed by atoms with E-state index in [-0.39, 0.29) is 12.3 Å². The summed E-state index contributed by atoms with van der Waals surface area (Å²) < 4.78 is 0.884. The van der Waals surface area contributed by atoms with Gasteiger partial charge in [0.15, 0.2) is 0 Å². The van der Waals surface area contributed by atoms with Gasteiger partial charge in [-0.25, -0.2) is 0 Å². The molecular weight excluding hydrogens is 310 g/mol. The number of halogens is 1. The average molecular weight is 326 g/mol. The number of anilines is 1. The first-order chi connectivity index (χ1) is 9.69. The second-order valence-corrected chi connectivity index (χ2v) is 6.96. The summed E-state index contributed by atoms with van der Waals surface area (Å²) in [6, 6.07) is 5.30. The maximum absolute atomic E-state index is 12.4. The summed E-state index contributed by atoms with van der Waals surface area (Å²) in [7, 11) is 0. The molecule has 0 spiro atoms. The predicted octanol–water partition coefficient (Wildman–Crippen LogP) is 2.52. The maximum atomic E-state index is 12.4. The van der Waals surface area contributed by atoms with Crippen molar-refractivity contribution >= 4 is 50.5 Å². The van der Waals surface area contributed by atoms with Crippen LogP contribution >= 0.6 is 22.9 Å². The number of nitrogen functional groups attached to an aromatic ring is 1. The highest BCUT2D eigenvalue weighted by Gasteiger charge is 2.26. The molecule has 2 rings (SSSR count). The van der Waals surface area contributed by atoms with Crippen molar-refractivity contribution in [3.63, 3.8) is 0 Å². The minimum absolute atomic E-state index is 0.0510. The Balaban J connectivity index is 2.32. The summed E-state index contributed by atoms with van der Waals surface area (Å²) in [4.78, 5) is 23.8. The first-order valence-corrected chi connectivity index (χ1v) is 7.47. The Labute approximate surface area is 131 Å². The molecule has 0 atom stereocenters. The van der Waals surface area contributed by atoms with Crippen LogP contribution < -0.4 is 16.8 Å². The maximum Gasteiger partial charge on any atom is 0.263 e. The molecule has 112 valence electrons. The van der Waals surface area contributed by atoms with Gasteiger partial charge in [0.1, 0.15) is 4.88 Å². The summed E-state index contributed by atoms with van der Waals surface area (Å²) in [6.07, 6.45) is 0.0510. The zero-order valence-corrected chi connectivity index (χ0v) is 13.3. The zero-order chi connectivity index (χ0) is 15.8. The van der Waals surface area contributed by atoms with Crippen LogP contribution in [0.1, 0.15) is 29.9 Å². The molecule has 5 nitrogen and oxygen atoms in total. The van der Waals surface area contributed by atoms with Crippen molar-refractivity contribution in [3.8, 4) is 0 Å². The van der Waals surface area contributed by atoms with E-state index in [4.69, 9.17) is 23.1 Å². The van der Waals surface area contributed by atoms with Gasteiger partial charge in [-0.2, -0.15) is 0 Å². The van der Waals surface area contributed by atoms with Gasteiger partial charge in [-0.05, 0) is 32.0 Å². The SMILES string of the molecule is CC(C)(CC(N)=O)NC(=O)c1sc2ccc(Cl)cc2c1N. The monoisotopic (exact) mass is 325 g/mol. The third kappa shape index (κ3) is 3.46. The Bertz CT molecular complexity index is 724. The summed E-state index contributed by atoms with van der Waals surface area (Å²) in [5, 5.41) is 4.10. The molecule has 0 radical (unpaired) electrons. The quantitative estimate of drug-likeness (QED) is 0.805. The van der Waals surface area contributed by atoms with Crippen LogP contribution in [0.5, 0.6) is 0 Å². The molecule has 0 aliphatic carbocycles. The van der Waals surface area contributed by atoms with Gasteiger partial charge in [-0.15, -0.1) is 11.3 Å². The summed E-state index contributed by atoms with van der Waals surface area (Å²) in [6.45, 7) is 3.46. The fourth-order valence-electron chi connectivity index (χ4n) is 2.10. The molecule has 21 heavy (non-hydrogen) atoms. The molecule has 0 saturated carbocycles. The van der Waals surface area contributed by atoms with Crippen molar-refractivity contribution in [1.82, 2.24) is 5.32 Å². The van der Waals surface area contributed by atoms with E-state index in [1.807, 2.05) is 6.07 Å². The molecule has 2 aromatic rings. The molecular formula is C14H16ClN3O2S. The summed E-state index contributed by atoms with van der Waals surface area (Å²) in [5.74, 6) is -0.799. The van der Waals surface area contributed by atoms with E-state index < -0.39 is 11.4 Å². The standard InChI is InChI=1S/C14H16ClN3O2S/c1-14(2,6-10(16)19)18-13(20)12-11(17)8-5-7(15)3-4-9(8)21-12/h3-5H,6,17H2,1-2H3,(H2,16,19)(H,18,20). The number of nitrogens with two attached hydrogens (primary N) is 2. The molecule has 1 aromatic heterocycles. The van der Waals surface area contributed by atoms with Gasteiger partial charge >= 0.3 is 0 Å². The number of thiophene rings is 1. The molecule has 0 bridgehead atoms. The van der Waals surface area contributed by atoms with Crippen LogP contribution in [0.25, 0.3) is 10.1 Å². The number of rotatable bonds is 4. The van der Waals surface area contributed by atoms with Crippen molar-refractivity contribution in [2.75, 3.05) is 5.73 Å². The van der Waals surface area contributed by atoms with Crippen LogP contribution in [0, 0.1) is 0 Å². The van der Waals surface area contributed by atoms with E-state index in [0.29, 0.717) is 15.6 Å². The third-order valence-electron chi connectivity index (χ3n) is 2.96. The lowest BCUT2D eigenvalue weighted by Crippen LogP contribution is -2.45. The lowest BCUT2D eigenvalue weighted by molar-refractivity contribution is -0.119. The van der Waals surface area contributed by atoms with E-state index >= 15 is 0 Å². The Hall–Kier alpha value is -1.79. The third-order valence-corrected chi connectivity index (χ3v) is 4.38. The van der Waals surface area contributed by atoms with Crippen molar-refractivity contribution in [2.45, 2.75) is 25.8 Å². The fourth-order valence-corrected chi connectivity index (χ4v) is 3.27. The smallest absolute Gasteiger partial charge is 0.263 e. The number of nitrogens with one attached hydrogen (secondary N) is 1. The fraction of sp³-hybridized carbons (Fsp3) is 0.286. The topological polar surface area (TPSA) is 98.2 Å². The molecule has 2 amide bonds. The van der Waals surface area contributed by atoms with Crippen LogP contribution in [0.3, 0.4) is 0 Å². The lowest BCUT2D eigenvalue weighted by atomic mass is 10.00. The summed E-state index contributed by atoms with van der Waals surface area (Å²) in [5.41, 5.74) is 10.9. The summed E-state index contributed by atoms with van der Waals surface area (Å²) >= 11 is 7.23. The Morgan fingerprint density at radius 2 is 2.05 bits per heavy atom. The number of hydrogen-bond donors (Lipinski definition) is 3. The van der Waals surface area contributed by atoms with Crippen molar-refractivity contribution < 1.29 is 9.59 Å². The molecule has 0 aliphatic heterocycles. The van der Waals surface area contributed by atoms with Gasteiger partial charge in [-0.3, -0.25) is 9.59 Å². The Kier molecular flexibility index (Phi) is 4.11. The highest BCUT2D eigenvalue weighted by atomic mass is 35.5. The average Bonchev–Trinajstić information content (AvgIpc) is 2.64. The first kappa shape index (κ1) is 15.6. The van der Waals surface area contributed by atoms with E-state index in [0.717, 1.165) is 10.1 Å². The van der Waals surface area contributed by atoms with Crippen molar-refractivity contribution in [3.05, 3.63) is 28.1 Å². The normalized spacial score (nSPS) is 11.6. The molecule has 1 aromatic carbocycles. The van der Waals surface area contributed by atoms with E-state index in [1.54, 1.807) is 26.0 Å². The van der Waals surface area contributed by atoms with Gasteiger partial charge < -0.3 is 16.8 Å². The van der Waals surface area contributed by atoms with Crippen LogP contribution in [0.2, 0.25) is 5.02 Å². The predicted molar refractivity (Wildman–Crippen MR) is 86.6 cm³/mol. The minimum atomic E-state index is -0.733. The van der Waals surface area contributed by atoms with Gasteiger partial charge in [0.2, 0.25) is 5.91 Å². The number of carbonyl (C=O) groups is 2. The number of carbonyl (C=O) groups excluding carboxylic acids is 2. The van der Waals surface area contributed by atoms with E-state index in [2.05, 4.69) is 5.32 Å². The number of hydrogen-bond acceptors (Lipinski definition) is 4. The lowest BCUT2D eigenvalue weighted by Gasteiger charge is -2.24. The Morgan fingerprint density at radius 3 is 2.67 bits per heavy atom. The molecule has 0 fully saturated rings. The van der Waals surface area contributed by atoms with Gasteiger partial charge in [0.25, 0.3) is 5.91 Å². The molecule has 7 heteroatoms. The molecule has 0 unspecified atom stereocenters. The Morgan fingerprint density at radius 1 is 1.38 bits per heavy atom. The van der Waals surface area contributed by atoms with Gasteiger partial charge in [0.05, 0.1) is 5.69 Å². The van der Waals surface area contributed by atoms with Crippen molar-refractivity contribution in [1.29, 1.82) is 0 Å². The minimum Gasteiger partial charge on any atom is -0.397 e. The van der Waals surface area contributed by atoms with Crippen molar-refractivity contribution in [2.24, 2.45) is 5.73 Å². The second-order valence-electron chi connectivity index (χ2n) is 5.47. The highest BCUT2D eigenvalue weighted by Crippen LogP contribution is 2.35. The van der Waals surface area contributed by atoms with Crippen LogP contribution in [0.4, 0.5) is 5.69 Å². The number of benzene rings is 1. The molecule has 0 saturated heterocycles. The number of amides is 2. The molecule has 1 heterocycles.